The summed E-state index contributed by atoms with van der Waals surface area (Å²) in [6, 6.07) is 11.8. The van der Waals surface area contributed by atoms with Gasteiger partial charge in [-0.3, -0.25) is 9.88 Å². The minimum absolute atomic E-state index is 0.265. The van der Waals surface area contributed by atoms with E-state index in [2.05, 4.69) is 44.3 Å². The summed E-state index contributed by atoms with van der Waals surface area (Å²) in [6.07, 6.45) is 1.38. The molecule has 1 aliphatic rings. The van der Waals surface area contributed by atoms with Crippen LogP contribution in [0.2, 0.25) is 0 Å². The topological polar surface area (TPSA) is 91.7 Å². The van der Waals surface area contributed by atoms with E-state index in [4.69, 9.17) is 4.74 Å². The van der Waals surface area contributed by atoms with E-state index in [0.29, 0.717) is 25.3 Å². The molecule has 0 unspecified atom stereocenters. The molecule has 3 amide bonds. The first-order chi connectivity index (χ1) is 15.9. The molecule has 174 valence electrons. The highest BCUT2D eigenvalue weighted by molar-refractivity contribution is 5.90. The average Bonchev–Trinajstić information content (AvgIpc) is 3.15. The van der Waals surface area contributed by atoms with Gasteiger partial charge in [0.25, 0.3) is 0 Å². The number of piperazine rings is 1. The number of fused-ring (bicyclic) bond motifs is 1. The van der Waals surface area contributed by atoms with Crippen molar-refractivity contribution in [2.45, 2.75) is 20.0 Å². The first-order valence-corrected chi connectivity index (χ1v) is 11.0. The molecule has 0 spiro atoms. The number of benzene rings is 1. The van der Waals surface area contributed by atoms with Crippen molar-refractivity contribution in [3.63, 3.8) is 0 Å². The van der Waals surface area contributed by atoms with E-state index in [0.717, 1.165) is 41.8 Å². The molecule has 0 aliphatic carbocycles. The largest absolute Gasteiger partial charge is 0.453 e. The summed E-state index contributed by atoms with van der Waals surface area (Å²) in [5, 5.41) is 6.90. The number of aromatic nitrogens is 2. The van der Waals surface area contributed by atoms with Crippen LogP contribution in [0.25, 0.3) is 10.9 Å². The lowest BCUT2D eigenvalue weighted by molar-refractivity contribution is 0.0882. The van der Waals surface area contributed by atoms with Crippen LogP contribution in [0.1, 0.15) is 17.0 Å². The second kappa shape index (κ2) is 9.91. The highest BCUT2D eigenvalue weighted by Gasteiger charge is 2.22. The van der Waals surface area contributed by atoms with Crippen LogP contribution in [0.3, 0.4) is 0 Å². The van der Waals surface area contributed by atoms with Crippen LogP contribution in [-0.4, -0.2) is 64.8 Å². The first-order valence-electron chi connectivity index (χ1n) is 11.0. The fraction of sp³-hybridized carbons (Fsp3) is 0.375. The van der Waals surface area contributed by atoms with E-state index < -0.39 is 0 Å². The van der Waals surface area contributed by atoms with Gasteiger partial charge in [-0.1, -0.05) is 18.2 Å². The normalized spacial score (nSPS) is 14.3. The third-order valence-corrected chi connectivity index (χ3v) is 6.04. The van der Waals surface area contributed by atoms with Crippen LogP contribution in [0.5, 0.6) is 0 Å². The number of pyridine rings is 1. The Morgan fingerprint density at radius 3 is 2.61 bits per heavy atom. The molecule has 0 atom stereocenters. The van der Waals surface area contributed by atoms with Gasteiger partial charge in [-0.05, 0) is 30.7 Å². The van der Waals surface area contributed by atoms with Crippen LogP contribution in [0, 0.1) is 6.92 Å². The zero-order valence-electron chi connectivity index (χ0n) is 19.3. The molecular weight excluding hydrogens is 420 g/mol. The molecule has 1 aromatic carbocycles. The van der Waals surface area contributed by atoms with Crippen LogP contribution in [0.15, 0.2) is 42.6 Å². The van der Waals surface area contributed by atoms with Crippen molar-refractivity contribution in [3.8, 4) is 0 Å². The van der Waals surface area contributed by atoms with E-state index >= 15 is 0 Å². The number of rotatable bonds is 5. The Hall–Kier alpha value is -3.59. The lowest BCUT2D eigenvalue weighted by Gasteiger charge is -2.33. The quantitative estimate of drug-likeness (QED) is 0.623. The summed E-state index contributed by atoms with van der Waals surface area (Å²) in [4.78, 5) is 32.3. The minimum Gasteiger partial charge on any atom is -0.453 e. The maximum atomic E-state index is 12.4. The molecule has 0 bridgehead atoms. The Labute approximate surface area is 193 Å². The number of carbonyl (C=O) groups excluding carboxylic acids is 2. The van der Waals surface area contributed by atoms with Gasteiger partial charge in [0.05, 0.1) is 24.5 Å². The molecule has 1 aliphatic heterocycles. The molecule has 0 saturated carbocycles. The molecule has 2 aromatic heterocycles. The van der Waals surface area contributed by atoms with Crippen molar-refractivity contribution < 1.29 is 14.3 Å². The number of para-hydroxylation sites is 1. The van der Waals surface area contributed by atoms with Gasteiger partial charge >= 0.3 is 12.1 Å². The number of hydrogen-bond donors (Lipinski definition) is 2. The number of carbonyl (C=O) groups is 2. The Balaban J connectivity index is 1.40. The van der Waals surface area contributed by atoms with Crippen molar-refractivity contribution in [2.75, 3.05) is 38.6 Å². The zero-order valence-corrected chi connectivity index (χ0v) is 19.3. The number of nitrogens with zero attached hydrogens (tertiary/aromatic N) is 4. The summed E-state index contributed by atoms with van der Waals surface area (Å²) < 4.78 is 7.02. The van der Waals surface area contributed by atoms with Gasteiger partial charge in [0.2, 0.25) is 0 Å². The summed E-state index contributed by atoms with van der Waals surface area (Å²) in [6.45, 7) is 6.05. The van der Waals surface area contributed by atoms with Gasteiger partial charge in [0, 0.05) is 63.1 Å². The molecule has 3 heterocycles. The molecule has 3 aromatic rings. The predicted molar refractivity (Wildman–Crippen MR) is 127 cm³/mol. The molecule has 1 saturated heterocycles. The van der Waals surface area contributed by atoms with Crippen molar-refractivity contribution in [3.05, 3.63) is 59.5 Å². The zero-order chi connectivity index (χ0) is 23.4. The molecule has 2 N–H and O–H groups in total. The summed E-state index contributed by atoms with van der Waals surface area (Å²) in [5.41, 5.74) is 4.91. The Morgan fingerprint density at radius 1 is 1.12 bits per heavy atom. The molecule has 1 fully saturated rings. The highest BCUT2D eigenvalue weighted by Crippen LogP contribution is 2.24. The number of anilines is 1. The van der Waals surface area contributed by atoms with Gasteiger partial charge in [0.15, 0.2) is 0 Å². The molecular formula is C24H30N6O3. The number of hydrogen-bond acceptors (Lipinski definition) is 5. The van der Waals surface area contributed by atoms with Crippen molar-refractivity contribution >= 4 is 28.7 Å². The number of amides is 3. The van der Waals surface area contributed by atoms with Gasteiger partial charge in [0.1, 0.15) is 0 Å². The SMILES string of the molecule is COC(=O)N1CCN(Cc2cc3cccc(CNC(=O)Nc4ccc(C)nc4)c3n2C)CC1. The summed E-state index contributed by atoms with van der Waals surface area (Å²) >= 11 is 0. The van der Waals surface area contributed by atoms with Crippen molar-refractivity contribution in [1.29, 1.82) is 0 Å². The first kappa shape index (κ1) is 22.6. The van der Waals surface area contributed by atoms with E-state index in [1.165, 1.54) is 12.8 Å². The maximum absolute atomic E-state index is 12.4. The summed E-state index contributed by atoms with van der Waals surface area (Å²) in [7, 11) is 3.48. The van der Waals surface area contributed by atoms with E-state index in [1.54, 1.807) is 11.1 Å². The fourth-order valence-corrected chi connectivity index (χ4v) is 4.19. The minimum atomic E-state index is -0.268. The van der Waals surface area contributed by atoms with Crippen molar-refractivity contribution in [2.24, 2.45) is 7.05 Å². The number of nitrogens with one attached hydrogen (secondary N) is 2. The average molecular weight is 451 g/mol. The molecule has 9 nitrogen and oxygen atoms in total. The number of ether oxygens (including phenoxy) is 1. The lowest BCUT2D eigenvalue weighted by atomic mass is 10.1. The fourth-order valence-electron chi connectivity index (χ4n) is 4.19. The van der Waals surface area contributed by atoms with E-state index in [-0.39, 0.29) is 12.1 Å². The molecule has 4 rings (SSSR count). The predicted octanol–water partition coefficient (Wildman–Crippen LogP) is 3.09. The van der Waals surface area contributed by atoms with Gasteiger partial charge in [-0.25, -0.2) is 9.59 Å². The third kappa shape index (κ3) is 5.25. The summed E-state index contributed by atoms with van der Waals surface area (Å²) in [5.74, 6) is 0. The smallest absolute Gasteiger partial charge is 0.409 e. The van der Waals surface area contributed by atoms with Gasteiger partial charge in [-0.15, -0.1) is 0 Å². The standard InChI is InChI=1S/C24H30N6O3/c1-17-7-8-20(15-25-17)27-23(31)26-14-19-6-4-5-18-13-21(28(2)22(18)19)16-29-9-11-30(12-10-29)24(32)33-3/h4-8,13,15H,9-12,14,16H2,1-3H3,(H2,26,27,31). The Bertz CT molecular complexity index is 1130. The molecule has 33 heavy (non-hydrogen) atoms. The van der Waals surface area contributed by atoms with Crippen LogP contribution < -0.4 is 10.6 Å². The Kier molecular flexibility index (Phi) is 6.79. The Morgan fingerprint density at radius 2 is 1.91 bits per heavy atom. The second-order valence-corrected chi connectivity index (χ2v) is 8.28. The van der Waals surface area contributed by atoms with Gasteiger partial charge < -0.3 is 24.8 Å². The van der Waals surface area contributed by atoms with Crippen LogP contribution in [0.4, 0.5) is 15.3 Å². The van der Waals surface area contributed by atoms with Gasteiger partial charge in [-0.2, -0.15) is 0 Å². The second-order valence-electron chi connectivity index (χ2n) is 8.28. The number of aryl methyl sites for hydroxylation is 2. The van der Waals surface area contributed by atoms with Crippen molar-refractivity contribution in [1.82, 2.24) is 24.7 Å². The van der Waals surface area contributed by atoms with Crippen LogP contribution in [-0.2, 0) is 24.9 Å². The van der Waals surface area contributed by atoms with E-state index in [1.807, 2.05) is 31.2 Å². The maximum Gasteiger partial charge on any atom is 0.409 e. The lowest BCUT2D eigenvalue weighted by Crippen LogP contribution is -2.48. The molecule has 0 radical (unpaired) electrons. The number of urea groups is 1. The number of methoxy groups -OCH3 is 1. The molecule has 9 heteroatoms. The third-order valence-electron chi connectivity index (χ3n) is 6.04. The van der Waals surface area contributed by atoms with Crippen LogP contribution >= 0.6 is 0 Å². The van der Waals surface area contributed by atoms with E-state index in [9.17, 15) is 9.59 Å². The monoisotopic (exact) mass is 450 g/mol. The highest BCUT2D eigenvalue weighted by atomic mass is 16.5.